The Labute approximate surface area is 193 Å². The van der Waals surface area contributed by atoms with Crippen LogP contribution in [0.4, 0.5) is 0 Å². The van der Waals surface area contributed by atoms with Gasteiger partial charge in [-0.05, 0) is 69.4 Å². The van der Waals surface area contributed by atoms with Crippen LogP contribution >= 0.6 is 0 Å². The van der Waals surface area contributed by atoms with Gasteiger partial charge in [0.2, 0.25) is 0 Å². The van der Waals surface area contributed by atoms with E-state index in [4.69, 9.17) is 19.4 Å². The minimum Gasteiger partial charge on any atom is -0.494 e. The van der Waals surface area contributed by atoms with Crippen LogP contribution in [0.25, 0.3) is 33.6 Å². The summed E-state index contributed by atoms with van der Waals surface area (Å²) in [6, 6.07) is 9.93. The SMILES string of the molecule is CCc1ccc2cc(-c3nc4cc(C(=O)OC(C)C)cc(OC)c4n3C)n(CC3CC3)c2n1. The molecule has 172 valence electrons. The molecule has 0 bridgehead atoms. The van der Waals surface area contributed by atoms with Crippen molar-refractivity contribution in [3.8, 4) is 17.3 Å². The minimum absolute atomic E-state index is 0.197. The van der Waals surface area contributed by atoms with E-state index in [0.29, 0.717) is 22.7 Å². The molecule has 0 amide bonds. The maximum absolute atomic E-state index is 12.6. The molecule has 1 fully saturated rings. The average Bonchev–Trinajstić information content (AvgIpc) is 3.47. The molecule has 0 atom stereocenters. The first kappa shape index (κ1) is 21.5. The van der Waals surface area contributed by atoms with Crippen molar-refractivity contribution in [2.45, 2.75) is 52.7 Å². The third-order valence-corrected chi connectivity index (χ3v) is 6.26. The molecule has 7 heteroatoms. The van der Waals surface area contributed by atoms with Crippen molar-refractivity contribution in [3.05, 3.63) is 41.6 Å². The summed E-state index contributed by atoms with van der Waals surface area (Å²) in [6.45, 7) is 6.74. The van der Waals surface area contributed by atoms with Gasteiger partial charge in [-0.1, -0.05) is 6.92 Å². The summed E-state index contributed by atoms with van der Waals surface area (Å²) in [5.41, 5.74) is 5.11. The molecule has 33 heavy (non-hydrogen) atoms. The largest absolute Gasteiger partial charge is 0.494 e. The molecule has 0 spiro atoms. The van der Waals surface area contributed by atoms with Gasteiger partial charge in [0, 0.05) is 24.7 Å². The van der Waals surface area contributed by atoms with Crippen LogP contribution in [-0.4, -0.2) is 38.3 Å². The Morgan fingerprint density at radius 1 is 1.18 bits per heavy atom. The highest BCUT2D eigenvalue weighted by atomic mass is 16.5. The summed E-state index contributed by atoms with van der Waals surface area (Å²) < 4.78 is 15.4. The zero-order valence-electron chi connectivity index (χ0n) is 19.9. The Hall–Kier alpha value is -3.35. The fraction of sp³-hybridized carbons (Fsp3) is 0.423. The van der Waals surface area contributed by atoms with Crippen molar-refractivity contribution in [3.63, 3.8) is 0 Å². The molecule has 0 unspecified atom stereocenters. The van der Waals surface area contributed by atoms with E-state index in [1.54, 1.807) is 19.2 Å². The van der Waals surface area contributed by atoms with E-state index in [0.717, 1.165) is 46.7 Å². The summed E-state index contributed by atoms with van der Waals surface area (Å²) in [7, 11) is 3.60. The quantitative estimate of drug-likeness (QED) is 0.368. The zero-order chi connectivity index (χ0) is 23.3. The Morgan fingerprint density at radius 2 is 1.97 bits per heavy atom. The molecule has 1 aliphatic carbocycles. The van der Waals surface area contributed by atoms with Gasteiger partial charge in [0.05, 0.1) is 30.0 Å². The van der Waals surface area contributed by atoms with Crippen LogP contribution in [0.5, 0.6) is 5.75 Å². The highest BCUT2D eigenvalue weighted by Crippen LogP contribution is 2.37. The van der Waals surface area contributed by atoms with Gasteiger partial charge in [-0.3, -0.25) is 0 Å². The number of imidazole rings is 1. The van der Waals surface area contributed by atoms with Gasteiger partial charge in [0.25, 0.3) is 0 Å². The fourth-order valence-electron chi connectivity index (χ4n) is 4.39. The summed E-state index contributed by atoms with van der Waals surface area (Å²) in [4.78, 5) is 22.5. The predicted octanol–water partition coefficient (Wildman–Crippen LogP) is 5.14. The molecule has 0 aliphatic heterocycles. The van der Waals surface area contributed by atoms with Crippen LogP contribution in [-0.2, 0) is 24.8 Å². The molecule has 1 saturated carbocycles. The molecular formula is C26H30N4O3. The molecule has 7 nitrogen and oxygen atoms in total. The normalized spacial score (nSPS) is 13.9. The van der Waals surface area contributed by atoms with Crippen LogP contribution < -0.4 is 4.74 Å². The lowest BCUT2D eigenvalue weighted by Crippen LogP contribution is -2.11. The molecule has 0 radical (unpaired) electrons. The molecule has 5 rings (SSSR count). The summed E-state index contributed by atoms with van der Waals surface area (Å²) >= 11 is 0. The fourth-order valence-corrected chi connectivity index (χ4v) is 4.39. The number of methoxy groups -OCH3 is 1. The standard InChI is InChI=1S/C26H30N4O3/c1-6-19-10-9-17-12-21(30(24(17)27-19)14-16-7-8-16)25-28-20-11-18(26(31)33-15(2)3)13-22(32-5)23(20)29(25)4/h9-13,15-16H,6-8,14H2,1-5H3. The van der Waals surface area contributed by atoms with Crippen molar-refractivity contribution >= 4 is 28.0 Å². The van der Waals surface area contributed by atoms with Gasteiger partial charge < -0.3 is 18.6 Å². The topological polar surface area (TPSA) is 71.2 Å². The van der Waals surface area contributed by atoms with Crippen LogP contribution in [0.2, 0.25) is 0 Å². The van der Waals surface area contributed by atoms with Crippen molar-refractivity contribution in [2.75, 3.05) is 7.11 Å². The van der Waals surface area contributed by atoms with E-state index in [1.165, 1.54) is 12.8 Å². The first-order chi connectivity index (χ1) is 15.9. The first-order valence-corrected chi connectivity index (χ1v) is 11.6. The second-order valence-electron chi connectivity index (χ2n) is 9.15. The lowest BCUT2D eigenvalue weighted by atomic mass is 10.2. The number of esters is 1. The predicted molar refractivity (Wildman–Crippen MR) is 129 cm³/mol. The monoisotopic (exact) mass is 446 g/mol. The van der Waals surface area contributed by atoms with Gasteiger partial charge in [-0.15, -0.1) is 0 Å². The van der Waals surface area contributed by atoms with E-state index in [2.05, 4.69) is 29.7 Å². The van der Waals surface area contributed by atoms with Gasteiger partial charge in [0.1, 0.15) is 16.9 Å². The van der Waals surface area contributed by atoms with Gasteiger partial charge >= 0.3 is 5.97 Å². The number of pyridine rings is 1. The summed E-state index contributed by atoms with van der Waals surface area (Å²) in [5.74, 6) is 1.74. The number of ether oxygens (including phenoxy) is 2. The molecule has 0 N–H and O–H groups in total. The lowest BCUT2D eigenvalue weighted by Gasteiger charge is -2.11. The number of aryl methyl sites for hydroxylation is 2. The number of carbonyl (C=O) groups is 1. The van der Waals surface area contributed by atoms with Gasteiger partial charge in [-0.25, -0.2) is 14.8 Å². The second-order valence-corrected chi connectivity index (χ2v) is 9.15. The van der Waals surface area contributed by atoms with Crippen LogP contribution in [0.3, 0.4) is 0 Å². The molecule has 1 aromatic carbocycles. The van der Waals surface area contributed by atoms with Crippen molar-refractivity contribution in [1.29, 1.82) is 0 Å². The Kier molecular flexibility index (Phi) is 5.35. The average molecular weight is 447 g/mol. The number of benzene rings is 1. The van der Waals surface area contributed by atoms with E-state index in [9.17, 15) is 4.79 Å². The number of fused-ring (bicyclic) bond motifs is 2. The molecular weight excluding hydrogens is 416 g/mol. The maximum atomic E-state index is 12.6. The van der Waals surface area contributed by atoms with Crippen LogP contribution in [0.15, 0.2) is 30.3 Å². The van der Waals surface area contributed by atoms with Crippen LogP contribution in [0.1, 0.15) is 49.7 Å². The number of carbonyl (C=O) groups excluding carboxylic acids is 1. The number of aromatic nitrogens is 4. The van der Waals surface area contributed by atoms with Crippen molar-refractivity contribution in [1.82, 2.24) is 19.1 Å². The Balaban J connectivity index is 1.70. The summed E-state index contributed by atoms with van der Waals surface area (Å²) in [6.07, 6.45) is 3.21. The van der Waals surface area contributed by atoms with E-state index >= 15 is 0 Å². The zero-order valence-corrected chi connectivity index (χ0v) is 19.9. The van der Waals surface area contributed by atoms with Crippen molar-refractivity contribution in [2.24, 2.45) is 13.0 Å². The molecule has 0 saturated heterocycles. The summed E-state index contributed by atoms with van der Waals surface area (Å²) in [5, 5.41) is 1.11. The van der Waals surface area contributed by atoms with Gasteiger partial charge in [0.15, 0.2) is 5.82 Å². The van der Waals surface area contributed by atoms with E-state index < -0.39 is 0 Å². The molecule has 3 heterocycles. The number of nitrogens with zero attached hydrogens (tertiary/aromatic N) is 4. The molecule has 1 aliphatic rings. The van der Waals surface area contributed by atoms with Crippen molar-refractivity contribution < 1.29 is 14.3 Å². The Morgan fingerprint density at radius 3 is 2.64 bits per heavy atom. The van der Waals surface area contributed by atoms with E-state index in [-0.39, 0.29) is 12.1 Å². The van der Waals surface area contributed by atoms with Gasteiger partial charge in [-0.2, -0.15) is 0 Å². The molecule has 4 aromatic rings. The third-order valence-electron chi connectivity index (χ3n) is 6.26. The molecule has 3 aromatic heterocycles. The number of rotatable bonds is 7. The highest BCUT2D eigenvalue weighted by Gasteiger charge is 2.27. The Bertz CT molecular complexity index is 1360. The third kappa shape index (κ3) is 3.86. The van der Waals surface area contributed by atoms with E-state index in [1.807, 2.05) is 25.5 Å². The highest BCUT2D eigenvalue weighted by molar-refractivity contribution is 5.97. The maximum Gasteiger partial charge on any atom is 0.338 e. The van der Waals surface area contributed by atoms with Crippen LogP contribution in [0, 0.1) is 5.92 Å². The smallest absolute Gasteiger partial charge is 0.338 e. The lowest BCUT2D eigenvalue weighted by molar-refractivity contribution is 0.0377. The first-order valence-electron chi connectivity index (χ1n) is 11.6. The minimum atomic E-state index is -0.378. The number of hydrogen-bond donors (Lipinski definition) is 0. The second kappa shape index (κ2) is 8.21. The number of hydrogen-bond acceptors (Lipinski definition) is 5.